The van der Waals surface area contributed by atoms with Gasteiger partial charge in [0, 0.05) is 56.2 Å². The fraction of sp³-hybridized carbons (Fsp3) is 0.538. The van der Waals surface area contributed by atoms with Gasteiger partial charge >= 0.3 is 6.03 Å². The zero-order valence-corrected chi connectivity index (χ0v) is 20.5. The molecule has 1 N–H and O–H groups in total. The van der Waals surface area contributed by atoms with E-state index >= 15 is 0 Å². The minimum atomic E-state index is -0.532. The summed E-state index contributed by atoms with van der Waals surface area (Å²) in [5, 5.41) is 12.0. The normalized spacial score (nSPS) is 23.9. The van der Waals surface area contributed by atoms with Crippen molar-refractivity contribution in [3.05, 3.63) is 65.0 Å². The van der Waals surface area contributed by atoms with Crippen LogP contribution in [0, 0.1) is 24.5 Å². The molecule has 2 aromatic rings. The molecule has 1 fully saturated rings. The molecular weight excluding hydrogens is 450 g/mol. The molecule has 188 valence electrons. The van der Waals surface area contributed by atoms with Crippen LogP contribution in [0.15, 0.2) is 46.8 Å². The molecule has 0 saturated carbocycles. The van der Waals surface area contributed by atoms with Crippen molar-refractivity contribution in [3.63, 3.8) is 0 Å². The summed E-state index contributed by atoms with van der Waals surface area (Å²) in [6, 6.07) is 7.63. The van der Waals surface area contributed by atoms with Gasteiger partial charge in [0.1, 0.15) is 11.6 Å². The first-order valence-corrected chi connectivity index (χ1v) is 12.4. The lowest BCUT2D eigenvalue weighted by atomic mass is 9.95. The minimum Gasteiger partial charge on any atom is -0.334 e. The summed E-state index contributed by atoms with van der Waals surface area (Å²) < 4.78 is 28.3. The van der Waals surface area contributed by atoms with Crippen molar-refractivity contribution in [2.45, 2.75) is 51.7 Å². The summed E-state index contributed by atoms with van der Waals surface area (Å²) in [6.45, 7) is 7.30. The second-order valence-electron chi connectivity index (χ2n) is 9.74. The lowest BCUT2D eigenvalue weighted by Crippen LogP contribution is -2.53. The number of hydrogen-bond donors (Lipinski definition) is 1. The number of carbonyl (C=O) groups excluding carboxylic acids is 1. The third kappa shape index (κ3) is 6.81. The van der Waals surface area contributed by atoms with Crippen LogP contribution < -0.4 is 5.32 Å². The average Bonchev–Trinajstić information content (AvgIpc) is 2.93. The second kappa shape index (κ2) is 11.7. The van der Waals surface area contributed by atoms with Crippen LogP contribution in [-0.4, -0.2) is 59.6 Å². The fourth-order valence-corrected chi connectivity index (χ4v) is 5.02. The molecule has 1 saturated heterocycles. The summed E-state index contributed by atoms with van der Waals surface area (Å²) in [7, 11) is 0. The van der Waals surface area contributed by atoms with E-state index < -0.39 is 11.6 Å². The highest BCUT2D eigenvalue weighted by molar-refractivity contribution is 5.74. The largest absolute Gasteiger partial charge is 0.334 e. The summed E-state index contributed by atoms with van der Waals surface area (Å²) in [6.07, 6.45) is 4.04. The molecule has 0 bridgehead atoms. The molecule has 3 heterocycles. The molecule has 9 heteroatoms. The van der Waals surface area contributed by atoms with Gasteiger partial charge in [-0.25, -0.2) is 13.6 Å². The van der Waals surface area contributed by atoms with E-state index in [0.717, 1.165) is 30.6 Å². The quantitative estimate of drug-likeness (QED) is 0.672. The lowest BCUT2D eigenvalue weighted by Gasteiger charge is -2.38. The summed E-state index contributed by atoms with van der Waals surface area (Å²) in [4.78, 5) is 21.4. The Balaban J connectivity index is 1.37. The van der Waals surface area contributed by atoms with Gasteiger partial charge in [-0.05, 0) is 61.9 Å². The Morgan fingerprint density at radius 3 is 2.74 bits per heavy atom. The number of pyridine rings is 1. The molecule has 0 aliphatic carbocycles. The van der Waals surface area contributed by atoms with Gasteiger partial charge in [-0.2, -0.15) is 10.2 Å². The number of aryl methyl sites for hydroxylation is 1. The molecule has 2 aliphatic rings. The average molecular weight is 485 g/mol. The van der Waals surface area contributed by atoms with Crippen LogP contribution in [0.1, 0.15) is 49.0 Å². The molecule has 4 rings (SSSR count). The molecule has 35 heavy (non-hydrogen) atoms. The molecule has 2 amide bonds. The Labute approximate surface area is 205 Å². The molecule has 7 nitrogen and oxygen atoms in total. The predicted molar refractivity (Wildman–Crippen MR) is 130 cm³/mol. The molecule has 1 aromatic carbocycles. The third-order valence-corrected chi connectivity index (χ3v) is 6.68. The zero-order chi connectivity index (χ0) is 24.8. The maximum Gasteiger partial charge on any atom is 0.317 e. The number of rotatable bonds is 4. The van der Waals surface area contributed by atoms with Crippen molar-refractivity contribution in [1.82, 2.24) is 20.1 Å². The number of benzene rings is 1. The Morgan fingerprint density at radius 2 is 1.97 bits per heavy atom. The van der Waals surface area contributed by atoms with Crippen LogP contribution in [-0.2, 0) is 6.54 Å². The standard InChI is InChI=1S/C26H34F2N6O/c1-18-13-21(16-33(15-18)17-22-23(27)5-3-6-24(22)28)31-26(35)34-11-4-9-30-32-25(8-12-34)20-7-10-29-19(2)14-20/h3,5-7,10,14,18,21,25H,4,8-9,11-13,15-17H2,1-2H3,(H,31,35). The second-order valence-corrected chi connectivity index (χ2v) is 9.74. The topological polar surface area (TPSA) is 73.2 Å². The van der Waals surface area contributed by atoms with E-state index in [1.165, 1.54) is 18.2 Å². The molecule has 0 radical (unpaired) electrons. The van der Waals surface area contributed by atoms with Gasteiger partial charge in [-0.3, -0.25) is 9.88 Å². The Bertz CT molecular complexity index is 1030. The van der Waals surface area contributed by atoms with Crippen LogP contribution in [0.25, 0.3) is 0 Å². The van der Waals surface area contributed by atoms with E-state index in [9.17, 15) is 13.6 Å². The van der Waals surface area contributed by atoms with Gasteiger partial charge in [0.25, 0.3) is 0 Å². The molecule has 1 aromatic heterocycles. The van der Waals surface area contributed by atoms with Crippen LogP contribution in [0.2, 0.25) is 0 Å². The van der Waals surface area contributed by atoms with Crippen molar-refractivity contribution in [2.24, 2.45) is 16.1 Å². The van der Waals surface area contributed by atoms with Crippen LogP contribution in [0.4, 0.5) is 13.6 Å². The first-order valence-electron chi connectivity index (χ1n) is 12.4. The first-order chi connectivity index (χ1) is 16.9. The number of carbonyl (C=O) groups is 1. The number of piperidine rings is 1. The van der Waals surface area contributed by atoms with Gasteiger partial charge in [0.2, 0.25) is 0 Å². The molecule has 0 spiro atoms. The van der Waals surface area contributed by atoms with E-state index in [2.05, 4.69) is 27.5 Å². The smallest absolute Gasteiger partial charge is 0.317 e. The maximum atomic E-state index is 14.2. The third-order valence-electron chi connectivity index (χ3n) is 6.68. The highest BCUT2D eigenvalue weighted by atomic mass is 19.1. The van der Waals surface area contributed by atoms with Crippen molar-refractivity contribution in [1.29, 1.82) is 0 Å². The number of nitrogens with zero attached hydrogens (tertiary/aromatic N) is 5. The van der Waals surface area contributed by atoms with Crippen LogP contribution >= 0.6 is 0 Å². The predicted octanol–water partition coefficient (Wildman–Crippen LogP) is 4.88. The molecule has 3 atom stereocenters. The maximum absolute atomic E-state index is 14.2. The number of amides is 2. The zero-order valence-electron chi connectivity index (χ0n) is 20.5. The van der Waals surface area contributed by atoms with Gasteiger partial charge in [-0.1, -0.05) is 13.0 Å². The molecule has 3 unspecified atom stereocenters. The van der Waals surface area contributed by atoms with E-state index in [1.54, 1.807) is 6.20 Å². The summed E-state index contributed by atoms with van der Waals surface area (Å²) >= 11 is 0. The number of halogens is 2. The number of likely N-dealkylation sites (tertiary alicyclic amines) is 1. The van der Waals surface area contributed by atoms with E-state index in [4.69, 9.17) is 0 Å². The van der Waals surface area contributed by atoms with E-state index in [-0.39, 0.29) is 30.2 Å². The van der Waals surface area contributed by atoms with Crippen molar-refractivity contribution < 1.29 is 13.6 Å². The summed E-state index contributed by atoms with van der Waals surface area (Å²) in [5.41, 5.74) is 2.07. The number of nitrogens with one attached hydrogen (secondary N) is 1. The minimum absolute atomic E-state index is 0.0802. The fourth-order valence-electron chi connectivity index (χ4n) is 5.02. The number of aromatic nitrogens is 1. The highest BCUT2D eigenvalue weighted by Gasteiger charge is 2.29. The molecule has 2 aliphatic heterocycles. The Morgan fingerprint density at radius 1 is 1.17 bits per heavy atom. The van der Waals surface area contributed by atoms with Gasteiger partial charge < -0.3 is 10.2 Å². The van der Waals surface area contributed by atoms with Crippen molar-refractivity contribution in [3.8, 4) is 0 Å². The number of urea groups is 1. The van der Waals surface area contributed by atoms with Crippen LogP contribution in [0.5, 0.6) is 0 Å². The SMILES string of the molecule is Cc1cc(C2CCN(C(=O)NC3CC(C)CN(Cc4c(F)cccc4F)C3)CCCN=N2)ccn1. The molecular formula is C26H34F2N6O. The van der Waals surface area contributed by atoms with E-state index in [1.807, 2.05) is 28.9 Å². The monoisotopic (exact) mass is 484 g/mol. The first kappa shape index (κ1) is 25.2. The van der Waals surface area contributed by atoms with Crippen molar-refractivity contribution >= 4 is 6.03 Å². The Kier molecular flexibility index (Phi) is 8.38. The van der Waals surface area contributed by atoms with Gasteiger partial charge in [0.15, 0.2) is 0 Å². The van der Waals surface area contributed by atoms with Crippen molar-refractivity contribution in [2.75, 3.05) is 32.7 Å². The van der Waals surface area contributed by atoms with Gasteiger partial charge in [-0.15, -0.1) is 0 Å². The Hall–Kier alpha value is -2.94. The lowest BCUT2D eigenvalue weighted by molar-refractivity contribution is 0.133. The highest BCUT2D eigenvalue weighted by Crippen LogP contribution is 2.24. The van der Waals surface area contributed by atoms with Crippen LogP contribution in [0.3, 0.4) is 0 Å². The van der Waals surface area contributed by atoms with Gasteiger partial charge in [0.05, 0.1) is 12.6 Å². The van der Waals surface area contributed by atoms with E-state index in [0.29, 0.717) is 38.5 Å². The number of hydrogen-bond acceptors (Lipinski definition) is 5. The summed E-state index contributed by atoms with van der Waals surface area (Å²) in [5.74, 6) is -0.762. The number of azo groups is 1.